The third-order valence-electron chi connectivity index (χ3n) is 6.88. The van der Waals surface area contributed by atoms with Gasteiger partial charge in [-0.3, -0.25) is 0 Å². The molecule has 0 spiro atoms. The molecule has 3 rings (SSSR count). The summed E-state index contributed by atoms with van der Waals surface area (Å²) in [5, 5.41) is 0. The largest absolute Gasteiger partial charge is 0.493 e. The van der Waals surface area contributed by atoms with E-state index >= 15 is 0 Å². The summed E-state index contributed by atoms with van der Waals surface area (Å²) in [7, 11) is 0. The van der Waals surface area contributed by atoms with Gasteiger partial charge in [0.15, 0.2) is 0 Å². The predicted molar refractivity (Wildman–Crippen MR) is 136 cm³/mol. The first kappa shape index (κ1) is 26.2. The van der Waals surface area contributed by atoms with Crippen molar-refractivity contribution in [3.8, 4) is 11.5 Å². The molecule has 0 saturated heterocycles. The van der Waals surface area contributed by atoms with Crippen LogP contribution in [0.2, 0.25) is 0 Å². The molecule has 0 N–H and O–H groups in total. The Labute approximate surface area is 205 Å². The van der Waals surface area contributed by atoms with Crippen molar-refractivity contribution in [2.45, 2.75) is 96.8 Å². The lowest BCUT2D eigenvalue weighted by atomic mass is 9.85. The zero-order chi connectivity index (χ0) is 24.0. The molecule has 0 unspecified atom stereocenters. The molecule has 0 aromatic heterocycles. The summed E-state index contributed by atoms with van der Waals surface area (Å²) in [5.41, 5.74) is 1.17. The van der Waals surface area contributed by atoms with E-state index in [4.69, 9.17) is 9.47 Å². The second-order valence-electron chi connectivity index (χ2n) is 9.69. The second kappa shape index (κ2) is 14.8. The fourth-order valence-corrected chi connectivity index (χ4v) is 4.73. The third kappa shape index (κ3) is 9.12. The number of carbonyl (C=O) groups is 1. The molecule has 34 heavy (non-hydrogen) atoms. The molecular formula is C30H41FO3. The number of hydrogen-bond donors (Lipinski definition) is 0. The summed E-state index contributed by atoms with van der Waals surface area (Å²) >= 11 is 0. The molecule has 0 bridgehead atoms. The quantitative estimate of drug-likeness (QED) is 0.158. The Bertz CT molecular complexity index is 856. The Hall–Kier alpha value is -2.36. The number of halogens is 1. The highest BCUT2D eigenvalue weighted by Crippen LogP contribution is 2.28. The van der Waals surface area contributed by atoms with Crippen LogP contribution in [-0.4, -0.2) is 12.6 Å². The number of rotatable bonds is 14. The minimum absolute atomic E-state index is 0.0790. The first-order valence-corrected chi connectivity index (χ1v) is 13.4. The molecule has 0 amide bonds. The van der Waals surface area contributed by atoms with Crippen LogP contribution in [0.1, 0.15) is 106 Å². The van der Waals surface area contributed by atoms with Crippen LogP contribution < -0.4 is 9.47 Å². The van der Waals surface area contributed by atoms with Crippen molar-refractivity contribution in [2.24, 2.45) is 5.92 Å². The maximum atomic E-state index is 14.5. The maximum Gasteiger partial charge on any atom is 0.346 e. The van der Waals surface area contributed by atoms with Gasteiger partial charge in [-0.2, -0.15) is 0 Å². The van der Waals surface area contributed by atoms with Gasteiger partial charge in [-0.1, -0.05) is 89.7 Å². The molecular weight excluding hydrogens is 427 g/mol. The van der Waals surface area contributed by atoms with E-state index in [-0.39, 0.29) is 5.56 Å². The number of carbonyl (C=O) groups excluding carboxylic acids is 1. The lowest BCUT2D eigenvalue weighted by Gasteiger charge is -2.21. The first-order chi connectivity index (χ1) is 16.7. The molecule has 1 fully saturated rings. The molecule has 1 aliphatic rings. The van der Waals surface area contributed by atoms with Gasteiger partial charge < -0.3 is 9.47 Å². The standard InChI is InChI=1S/C30H41FO3/c1-2-3-4-5-6-7-11-22-33-27-20-21-28(29(31)23-27)30(32)34-26-18-16-25(17-19-26)15-14-24-12-9-8-10-13-24/h16-21,23-24H,2-15,22H2,1H3. The highest BCUT2D eigenvalue weighted by Gasteiger charge is 2.16. The van der Waals surface area contributed by atoms with Gasteiger partial charge in [0.05, 0.1) is 12.2 Å². The van der Waals surface area contributed by atoms with Crippen LogP contribution >= 0.6 is 0 Å². The summed E-state index contributed by atoms with van der Waals surface area (Å²) < 4.78 is 25.6. The van der Waals surface area contributed by atoms with Gasteiger partial charge >= 0.3 is 5.97 Å². The Morgan fingerprint density at radius 3 is 2.26 bits per heavy atom. The predicted octanol–water partition coefficient (Wildman–Crippen LogP) is 8.69. The summed E-state index contributed by atoms with van der Waals surface area (Å²) in [4.78, 5) is 12.5. The summed E-state index contributed by atoms with van der Waals surface area (Å²) in [6.07, 6.45) is 17.5. The number of unbranched alkanes of at least 4 members (excludes halogenated alkanes) is 6. The molecule has 186 valence electrons. The smallest absolute Gasteiger partial charge is 0.346 e. The normalized spacial score (nSPS) is 14.2. The van der Waals surface area contributed by atoms with Crippen LogP contribution in [-0.2, 0) is 6.42 Å². The number of hydrogen-bond acceptors (Lipinski definition) is 3. The fourth-order valence-electron chi connectivity index (χ4n) is 4.73. The van der Waals surface area contributed by atoms with Crippen LogP contribution in [0.25, 0.3) is 0 Å². The second-order valence-corrected chi connectivity index (χ2v) is 9.69. The lowest BCUT2D eigenvalue weighted by Crippen LogP contribution is -2.11. The first-order valence-electron chi connectivity index (χ1n) is 13.4. The van der Waals surface area contributed by atoms with Gasteiger partial charge in [0.25, 0.3) is 0 Å². The Balaban J connectivity index is 1.40. The van der Waals surface area contributed by atoms with E-state index in [1.165, 1.54) is 88.3 Å². The monoisotopic (exact) mass is 468 g/mol. The molecule has 0 radical (unpaired) electrons. The molecule has 3 nitrogen and oxygen atoms in total. The average Bonchev–Trinajstić information content (AvgIpc) is 2.86. The van der Waals surface area contributed by atoms with E-state index in [0.29, 0.717) is 18.1 Å². The average molecular weight is 469 g/mol. The zero-order valence-corrected chi connectivity index (χ0v) is 20.8. The van der Waals surface area contributed by atoms with E-state index < -0.39 is 11.8 Å². The summed E-state index contributed by atoms with van der Waals surface area (Å²) in [6, 6.07) is 11.9. The molecule has 0 atom stereocenters. The number of aryl methyl sites for hydroxylation is 1. The van der Waals surface area contributed by atoms with Crippen molar-refractivity contribution in [3.63, 3.8) is 0 Å². The third-order valence-corrected chi connectivity index (χ3v) is 6.88. The van der Waals surface area contributed by atoms with E-state index in [2.05, 4.69) is 6.92 Å². The van der Waals surface area contributed by atoms with E-state index in [1.54, 1.807) is 18.2 Å². The van der Waals surface area contributed by atoms with Crippen molar-refractivity contribution >= 4 is 5.97 Å². The van der Waals surface area contributed by atoms with Gasteiger partial charge in [0.1, 0.15) is 17.3 Å². The molecule has 0 aliphatic heterocycles. The molecule has 4 heteroatoms. The number of benzene rings is 2. The fraction of sp³-hybridized carbons (Fsp3) is 0.567. The SMILES string of the molecule is CCCCCCCCCOc1ccc(C(=O)Oc2ccc(CCC3CCCCC3)cc2)c(F)c1. The van der Waals surface area contributed by atoms with Crippen molar-refractivity contribution in [2.75, 3.05) is 6.61 Å². The Morgan fingerprint density at radius 1 is 0.882 bits per heavy atom. The van der Waals surface area contributed by atoms with Gasteiger partial charge in [-0.25, -0.2) is 9.18 Å². The van der Waals surface area contributed by atoms with Gasteiger partial charge in [-0.15, -0.1) is 0 Å². The minimum Gasteiger partial charge on any atom is -0.493 e. The number of esters is 1. The Morgan fingerprint density at radius 2 is 1.56 bits per heavy atom. The van der Waals surface area contributed by atoms with Crippen LogP contribution in [0.5, 0.6) is 11.5 Å². The van der Waals surface area contributed by atoms with Crippen molar-refractivity contribution < 1.29 is 18.7 Å². The van der Waals surface area contributed by atoms with Crippen LogP contribution in [0.3, 0.4) is 0 Å². The van der Waals surface area contributed by atoms with Crippen LogP contribution in [0, 0.1) is 11.7 Å². The van der Waals surface area contributed by atoms with Crippen molar-refractivity contribution in [1.82, 2.24) is 0 Å². The summed E-state index contributed by atoms with van der Waals surface area (Å²) in [5.74, 6) is 0.418. The number of ether oxygens (including phenoxy) is 2. The lowest BCUT2D eigenvalue weighted by molar-refractivity contribution is 0.0730. The minimum atomic E-state index is -0.689. The maximum absolute atomic E-state index is 14.5. The molecule has 2 aromatic carbocycles. The van der Waals surface area contributed by atoms with E-state index in [9.17, 15) is 9.18 Å². The van der Waals surface area contributed by atoms with Crippen LogP contribution in [0.4, 0.5) is 4.39 Å². The van der Waals surface area contributed by atoms with Gasteiger partial charge in [-0.05, 0) is 55.0 Å². The highest BCUT2D eigenvalue weighted by atomic mass is 19.1. The zero-order valence-electron chi connectivity index (χ0n) is 20.8. The van der Waals surface area contributed by atoms with E-state index in [1.807, 2.05) is 12.1 Å². The van der Waals surface area contributed by atoms with Crippen molar-refractivity contribution in [3.05, 3.63) is 59.4 Å². The Kier molecular flexibility index (Phi) is 11.4. The molecule has 1 aliphatic carbocycles. The molecule has 1 saturated carbocycles. The van der Waals surface area contributed by atoms with Gasteiger partial charge in [0, 0.05) is 6.07 Å². The van der Waals surface area contributed by atoms with Gasteiger partial charge in [0.2, 0.25) is 0 Å². The molecule has 0 heterocycles. The van der Waals surface area contributed by atoms with E-state index in [0.717, 1.165) is 25.2 Å². The molecule has 2 aromatic rings. The summed E-state index contributed by atoms with van der Waals surface area (Å²) in [6.45, 7) is 2.78. The van der Waals surface area contributed by atoms with Crippen LogP contribution in [0.15, 0.2) is 42.5 Å². The topological polar surface area (TPSA) is 35.5 Å². The highest BCUT2D eigenvalue weighted by molar-refractivity contribution is 5.91. The van der Waals surface area contributed by atoms with Crippen molar-refractivity contribution in [1.29, 1.82) is 0 Å².